The molecule has 0 saturated carbocycles. The zero-order valence-corrected chi connectivity index (χ0v) is 14.3. The maximum absolute atomic E-state index is 12.2. The van der Waals surface area contributed by atoms with Gasteiger partial charge in [-0.25, -0.2) is 14.4 Å². The van der Waals surface area contributed by atoms with Crippen LogP contribution in [0.15, 0.2) is 46.9 Å². The van der Waals surface area contributed by atoms with Gasteiger partial charge in [0.15, 0.2) is 0 Å². The van der Waals surface area contributed by atoms with Crippen LogP contribution in [0.1, 0.15) is 6.92 Å². The van der Waals surface area contributed by atoms with Crippen molar-refractivity contribution in [3.8, 4) is 0 Å². The van der Waals surface area contributed by atoms with Crippen molar-refractivity contribution in [2.75, 3.05) is 10.6 Å². The molecule has 2 aromatic carbocycles. The fraction of sp³-hybridized carbons (Fsp3) is 0.0625. The van der Waals surface area contributed by atoms with E-state index in [1.807, 2.05) is 18.2 Å². The number of benzene rings is 2. The molecule has 1 amide bonds. The average molecular weight is 385 g/mol. The minimum atomic E-state index is -0.176. The second kappa shape index (κ2) is 5.34. The highest BCUT2D eigenvalue weighted by molar-refractivity contribution is 9.10. The number of H-pyrrole nitrogens is 1. The number of nitrogens with one attached hydrogen (secondary N) is 1. The fourth-order valence-electron chi connectivity index (χ4n) is 2.66. The molecule has 120 valence electrons. The minimum absolute atomic E-state index is 0.176. The van der Waals surface area contributed by atoms with Gasteiger partial charge in [0.2, 0.25) is 11.9 Å². The molecule has 0 aliphatic carbocycles. The molecule has 7 nitrogen and oxygen atoms in total. The maximum Gasteiger partial charge on any atom is 0.253 e. The molecule has 0 aliphatic rings. The molecule has 0 radical (unpaired) electrons. The van der Waals surface area contributed by atoms with E-state index in [2.05, 4.69) is 31.0 Å². The van der Waals surface area contributed by atoms with Crippen LogP contribution in [0.2, 0.25) is 0 Å². The van der Waals surface area contributed by atoms with Gasteiger partial charge in [-0.2, -0.15) is 4.98 Å². The predicted molar refractivity (Wildman–Crippen MR) is 96.2 cm³/mol. The summed E-state index contributed by atoms with van der Waals surface area (Å²) < 4.78 is 2.69. The summed E-state index contributed by atoms with van der Waals surface area (Å²) in [6.45, 7) is 1.48. The maximum atomic E-state index is 12.2. The summed E-state index contributed by atoms with van der Waals surface area (Å²) in [6, 6.07) is 12.9. The van der Waals surface area contributed by atoms with Gasteiger partial charge in [0, 0.05) is 17.1 Å². The van der Waals surface area contributed by atoms with E-state index in [0.717, 1.165) is 15.5 Å². The number of amides is 1. The quantitative estimate of drug-likeness (QED) is 0.518. The number of fused-ring (bicyclic) bond motifs is 3. The number of carbonyl (C=O) groups excluding carboxylic acids is 1. The Hall–Kier alpha value is -2.87. The van der Waals surface area contributed by atoms with Gasteiger partial charge in [-0.05, 0) is 36.4 Å². The van der Waals surface area contributed by atoms with Gasteiger partial charge in [0.25, 0.3) is 5.78 Å². The van der Waals surface area contributed by atoms with Crippen LogP contribution in [0, 0.1) is 0 Å². The van der Waals surface area contributed by atoms with Crippen LogP contribution in [-0.4, -0.2) is 25.5 Å². The number of hydrogen-bond donors (Lipinski definition) is 2. The lowest BCUT2D eigenvalue weighted by molar-refractivity contribution is -0.115. The molecule has 0 spiro atoms. The fourth-order valence-corrected chi connectivity index (χ4v) is 3.01. The van der Waals surface area contributed by atoms with Crippen LogP contribution in [0.25, 0.3) is 16.8 Å². The third kappa shape index (κ3) is 2.31. The Morgan fingerprint density at radius 1 is 1.25 bits per heavy atom. The molecule has 8 heteroatoms. The van der Waals surface area contributed by atoms with Crippen LogP contribution in [-0.2, 0) is 4.79 Å². The highest BCUT2D eigenvalue weighted by atomic mass is 79.9. The van der Waals surface area contributed by atoms with Crippen molar-refractivity contribution < 1.29 is 4.79 Å². The van der Waals surface area contributed by atoms with E-state index in [1.54, 1.807) is 28.8 Å². The number of carbonyl (C=O) groups is 1. The van der Waals surface area contributed by atoms with E-state index >= 15 is 0 Å². The first-order valence-electron chi connectivity index (χ1n) is 7.23. The number of hydrogen-bond acceptors (Lipinski definition) is 4. The second-order valence-electron chi connectivity index (χ2n) is 5.38. The Balaban J connectivity index is 1.88. The van der Waals surface area contributed by atoms with Crippen molar-refractivity contribution in [3.63, 3.8) is 0 Å². The molecule has 0 saturated heterocycles. The molecular weight excluding hydrogens is 372 g/mol. The van der Waals surface area contributed by atoms with Gasteiger partial charge < -0.3 is 5.73 Å². The van der Waals surface area contributed by atoms with E-state index in [4.69, 9.17) is 5.73 Å². The molecule has 2 aromatic heterocycles. The summed E-state index contributed by atoms with van der Waals surface area (Å²) in [5.41, 5.74) is 8.74. The van der Waals surface area contributed by atoms with Gasteiger partial charge in [0.1, 0.15) is 0 Å². The lowest BCUT2D eigenvalue weighted by Gasteiger charge is -2.18. The lowest BCUT2D eigenvalue weighted by Crippen LogP contribution is -2.24. The third-order valence-electron chi connectivity index (χ3n) is 3.67. The molecule has 0 fully saturated rings. The summed E-state index contributed by atoms with van der Waals surface area (Å²) in [7, 11) is 0. The smallest absolute Gasteiger partial charge is 0.253 e. The molecule has 3 N–H and O–H groups in total. The van der Waals surface area contributed by atoms with Crippen LogP contribution >= 0.6 is 15.9 Å². The Labute approximate surface area is 145 Å². The minimum Gasteiger partial charge on any atom is -0.399 e. The average Bonchev–Trinajstić information content (AvgIpc) is 3.04. The van der Waals surface area contributed by atoms with Crippen molar-refractivity contribution in [2.45, 2.75) is 6.92 Å². The first-order chi connectivity index (χ1) is 11.5. The second-order valence-corrected chi connectivity index (χ2v) is 6.29. The Morgan fingerprint density at radius 2 is 2.08 bits per heavy atom. The number of halogens is 1. The normalized spacial score (nSPS) is 11.2. The largest absolute Gasteiger partial charge is 0.399 e. The van der Waals surface area contributed by atoms with E-state index in [-0.39, 0.29) is 5.91 Å². The summed E-state index contributed by atoms with van der Waals surface area (Å²) in [6.07, 6.45) is 0. The summed E-state index contributed by atoms with van der Waals surface area (Å²) in [5.74, 6) is 0.707. The topological polar surface area (TPSA) is 92.3 Å². The summed E-state index contributed by atoms with van der Waals surface area (Å²) >= 11 is 3.43. The van der Waals surface area contributed by atoms with E-state index < -0.39 is 0 Å². The number of imidazole rings is 1. The molecule has 0 bridgehead atoms. The molecule has 2 heterocycles. The predicted octanol–water partition coefficient (Wildman–Crippen LogP) is 3.24. The van der Waals surface area contributed by atoms with E-state index in [9.17, 15) is 4.79 Å². The van der Waals surface area contributed by atoms with Gasteiger partial charge in [-0.1, -0.05) is 22.0 Å². The van der Waals surface area contributed by atoms with E-state index in [0.29, 0.717) is 23.1 Å². The standard InChI is InChI=1S/C16H13BrN6O/c1-9(24)22(12-4-2-3-11(18)8-12)16-20-15-19-13-7-10(17)5-6-14(13)23(15)21-16/h2-8H,18H2,1H3,(H,19,20,21). The summed E-state index contributed by atoms with van der Waals surface area (Å²) in [4.78, 5) is 22.6. The van der Waals surface area contributed by atoms with Crippen LogP contribution in [0.3, 0.4) is 0 Å². The monoisotopic (exact) mass is 384 g/mol. The third-order valence-corrected chi connectivity index (χ3v) is 4.16. The lowest BCUT2D eigenvalue weighted by atomic mass is 10.2. The number of nitrogens with two attached hydrogens (primary N) is 1. The molecular formula is C16H13BrN6O. The molecule has 0 atom stereocenters. The number of aromatic nitrogens is 4. The molecule has 24 heavy (non-hydrogen) atoms. The zero-order chi connectivity index (χ0) is 16.8. The molecule has 4 rings (SSSR count). The van der Waals surface area contributed by atoms with Gasteiger partial charge in [-0.15, -0.1) is 0 Å². The van der Waals surface area contributed by atoms with E-state index in [1.165, 1.54) is 11.8 Å². The number of rotatable bonds is 2. The first-order valence-corrected chi connectivity index (χ1v) is 8.02. The number of nitrogens with zero attached hydrogens (tertiary/aromatic N) is 4. The van der Waals surface area contributed by atoms with Gasteiger partial charge >= 0.3 is 0 Å². The Bertz CT molecular complexity index is 1080. The molecule has 0 aliphatic heterocycles. The van der Waals surface area contributed by atoms with Crippen molar-refractivity contribution in [3.05, 3.63) is 46.9 Å². The highest BCUT2D eigenvalue weighted by Crippen LogP contribution is 2.27. The van der Waals surface area contributed by atoms with Crippen molar-refractivity contribution >= 4 is 56.0 Å². The first kappa shape index (κ1) is 14.7. The Morgan fingerprint density at radius 3 is 2.83 bits per heavy atom. The summed E-state index contributed by atoms with van der Waals surface area (Å²) in [5, 5.41) is 3.13. The highest BCUT2D eigenvalue weighted by Gasteiger charge is 2.20. The number of aromatic amines is 1. The van der Waals surface area contributed by atoms with Crippen molar-refractivity contribution in [1.82, 2.24) is 19.6 Å². The zero-order valence-electron chi connectivity index (χ0n) is 12.7. The van der Waals surface area contributed by atoms with Gasteiger partial charge in [-0.3, -0.25) is 9.89 Å². The van der Waals surface area contributed by atoms with Crippen LogP contribution in [0.5, 0.6) is 0 Å². The van der Waals surface area contributed by atoms with Crippen molar-refractivity contribution in [2.24, 2.45) is 0 Å². The molecule has 4 aromatic rings. The SMILES string of the molecule is CC(=O)N(c1cccc(N)c1)c1nc2nc3cc(Br)ccc3n2[nH]1. The van der Waals surface area contributed by atoms with Gasteiger partial charge in [0.05, 0.1) is 16.7 Å². The molecule has 0 unspecified atom stereocenters. The van der Waals surface area contributed by atoms with Crippen LogP contribution in [0.4, 0.5) is 17.3 Å². The number of anilines is 3. The number of nitrogen functional groups attached to an aromatic ring is 1. The van der Waals surface area contributed by atoms with Crippen molar-refractivity contribution in [1.29, 1.82) is 0 Å². The van der Waals surface area contributed by atoms with Crippen LogP contribution < -0.4 is 10.6 Å². The Kier molecular flexibility index (Phi) is 3.27.